The van der Waals surface area contributed by atoms with E-state index in [0.29, 0.717) is 5.46 Å². The minimum Gasteiger partial charge on any atom is -0.423 e. The molecule has 0 amide bonds. The second-order valence-corrected chi connectivity index (χ2v) is 4.94. The van der Waals surface area contributed by atoms with E-state index < -0.39 is 7.12 Å². The lowest BCUT2D eigenvalue weighted by atomic mass is 9.77. The van der Waals surface area contributed by atoms with E-state index >= 15 is 0 Å². The average molecular weight is 238 g/mol. The zero-order valence-electron chi connectivity index (χ0n) is 9.72. The first-order valence-electron chi connectivity index (χ1n) is 5.77. The first-order valence-corrected chi connectivity index (χ1v) is 6.93. The van der Waals surface area contributed by atoms with Crippen LogP contribution in [0.1, 0.15) is 31.7 Å². The van der Waals surface area contributed by atoms with Crippen LogP contribution in [0.2, 0.25) is 0 Å². The molecule has 16 heavy (non-hydrogen) atoms. The van der Waals surface area contributed by atoms with Gasteiger partial charge >= 0.3 is 7.12 Å². The molecule has 1 rings (SSSR count). The summed E-state index contributed by atoms with van der Waals surface area (Å²) in [5, 5.41) is 18.4. The van der Waals surface area contributed by atoms with Crippen molar-refractivity contribution in [1.29, 1.82) is 0 Å². The first kappa shape index (κ1) is 13.6. The minimum atomic E-state index is -1.35. The van der Waals surface area contributed by atoms with Crippen LogP contribution in [-0.2, 0) is 5.75 Å². The zero-order valence-corrected chi connectivity index (χ0v) is 10.5. The molecule has 0 bridgehead atoms. The number of thioether (sulfide) groups is 1. The highest BCUT2D eigenvalue weighted by molar-refractivity contribution is 7.98. The van der Waals surface area contributed by atoms with E-state index in [1.54, 1.807) is 6.07 Å². The van der Waals surface area contributed by atoms with Crippen LogP contribution in [0.5, 0.6) is 0 Å². The lowest BCUT2D eigenvalue weighted by Gasteiger charge is -2.08. The van der Waals surface area contributed by atoms with E-state index in [2.05, 4.69) is 6.92 Å². The Morgan fingerprint density at radius 3 is 2.62 bits per heavy atom. The number of benzene rings is 1. The highest BCUT2D eigenvalue weighted by atomic mass is 32.2. The SMILES string of the molecule is CCCCCSCc1ccccc1B(O)O. The van der Waals surface area contributed by atoms with E-state index in [1.807, 2.05) is 30.0 Å². The van der Waals surface area contributed by atoms with E-state index in [9.17, 15) is 10.0 Å². The van der Waals surface area contributed by atoms with Crippen LogP contribution in [0.4, 0.5) is 0 Å². The summed E-state index contributed by atoms with van der Waals surface area (Å²) in [6.07, 6.45) is 3.76. The topological polar surface area (TPSA) is 40.5 Å². The van der Waals surface area contributed by atoms with Gasteiger partial charge in [0.15, 0.2) is 0 Å². The third-order valence-electron chi connectivity index (χ3n) is 2.48. The molecule has 1 aromatic rings. The van der Waals surface area contributed by atoms with Crippen molar-refractivity contribution in [3.8, 4) is 0 Å². The van der Waals surface area contributed by atoms with Gasteiger partial charge in [-0.1, -0.05) is 44.0 Å². The third-order valence-corrected chi connectivity index (χ3v) is 3.58. The maximum atomic E-state index is 9.19. The molecule has 4 heteroatoms. The molecule has 0 aliphatic rings. The highest BCUT2D eigenvalue weighted by Crippen LogP contribution is 2.13. The van der Waals surface area contributed by atoms with Gasteiger partial charge in [0.25, 0.3) is 0 Å². The molecule has 0 aliphatic carbocycles. The Morgan fingerprint density at radius 1 is 1.19 bits per heavy atom. The molecule has 0 saturated carbocycles. The summed E-state index contributed by atoms with van der Waals surface area (Å²) in [6.45, 7) is 2.20. The number of hydrogen-bond acceptors (Lipinski definition) is 3. The van der Waals surface area contributed by atoms with E-state index in [4.69, 9.17) is 0 Å². The lowest BCUT2D eigenvalue weighted by molar-refractivity contribution is 0.425. The summed E-state index contributed by atoms with van der Waals surface area (Å²) in [4.78, 5) is 0. The van der Waals surface area contributed by atoms with Crippen molar-refractivity contribution in [2.24, 2.45) is 0 Å². The average Bonchev–Trinajstić information content (AvgIpc) is 2.29. The van der Waals surface area contributed by atoms with Gasteiger partial charge < -0.3 is 10.0 Å². The van der Waals surface area contributed by atoms with Gasteiger partial charge in [-0.15, -0.1) is 0 Å². The maximum absolute atomic E-state index is 9.19. The van der Waals surface area contributed by atoms with Gasteiger partial charge in [-0.25, -0.2) is 0 Å². The summed E-state index contributed by atoms with van der Waals surface area (Å²) in [6, 6.07) is 7.50. The Morgan fingerprint density at radius 2 is 1.94 bits per heavy atom. The summed E-state index contributed by atoms with van der Waals surface area (Å²) >= 11 is 1.86. The van der Waals surface area contributed by atoms with Crippen LogP contribution in [0.3, 0.4) is 0 Å². The standard InChI is InChI=1S/C12H19BO2S/c1-2-3-6-9-16-10-11-7-4-5-8-12(11)13(14)15/h4-5,7-8,14-15H,2-3,6,9-10H2,1H3. The van der Waals surface area contributed by atoms with Crippen molar-refractivity contribution in [1.82, 2.24) is 0 Å². The predicted molar refractivity (Wildman–Crippen MR) is 72.0 cm³/mol. The van der Waals surface area contributed by atoms with Crippen molar-refractivity contribution in [3.63, 3.8) is 0 Å². The number of unbranched alkanes of at least 4 members (excludes halogenated alkanes) is 2. The second-order valence-electron chi connectivity index (χ2n) is 3.83. The molecule has 88 valence electrons. The van der Waals surface area contributed by atoms with Gasteiger partial charge in [0.2, 0.25) is 0 Å². The Balaban J connectivity index is 2.41. The number of hydrogen-bond donors (Lipinski definition) is 2. The first-order chi connectivity index (χ1) is 7.75. The normalized spacial score (nSPS) is 10.4. The second kappa shape index (κ2) is 7.77. The molecule has 0 fully saturated rings. The van der Waals surface area contributed by atoms with Crippen LogP contribution >= 0.6 is 11.8 Å². The van der Waals surface area contributed by atoms with Crippen molar-refractivity contribution in [2.45, 2.75) is 31.9 Å². The maximum Gasteiger partial charge on any atom is 0.488 e. The van der Waals surface area contributed by atoms with Gasteiger partial charge in [0, 0.05) is 5.75 Å². The van der Waals surface area contributed by atoms with Crippen LogP contribution in [0, 0.1) is 0 Å². The van der Waals surface area contributed by atoms with Gasteiger partial charge in [-0.3, -0.25) is 0 Å². The van der Waals surface area contributed by atoms with Crippen LogP contribution < -0.4 is 5.46 Å². The molecule has 0 atom stereocenters. The molecule has 0 saturated heterocycles. The predicted octanol–water partition coefficient (Wildman–Crippen LogP) is 1.79. The molecule has 0 aromatic heterocycles. The van der Waals surface area contributed by atoms with E-state index in [1.165, 1.54) is 19.3 Å². The Kier molecular flexibility index (Phi) is 6.61. The molecule has 0 spiro atoms. The molecule has 1 aromatic carbocycles. The van der Waals surface area contributed by atoms with Crippen LogP contribution in [-0.4, -0.2) is 22.9 Å². The molecule has 0 radical (unpaired) electrons. The van der Waals surface area contributed by atoms with Crippen LogP contribution in [0.15, 0.2) is 24.3 Å². The molecule has 0 heterocycles. The summed E-state index contributed by atoms with van der Waals surface area (Å²) in [5.41, 5.74) is 1.66. The zero-order chi connectivity index (χ0) is 11.8. The van der Waals surface area contributed by atoms with Gasteiger partial charge in [0.05, 0.1) is 0 Å². The fourth-order valence-corrected chi connectivity index (χ4v) is 2.59. The fraction of sp³-hybridized carbons (Fsp3) is 0.500. The highest BCUT2D eigenvalue weighted by Gasteiger charge is 2.14. The molecule has 0 aliphatic heterocycles. The smallest absolute Gasteiger partial charge is 0.423 e. The molecule has 2 nitrogen and oxygen atoms in total. The third kappa shape index (κ3) is 4.60. The van der Waals surface area contributed by atoms with Crippen molar-refractivity contribution in [2.75, 3.05) is 5.75 Å². The molecule has 0 unspecified atom stereocenters. The van der Waals surface area contributed by atoms with Gasteiger partial charge in [-0.05, 0) is 23.2 Å². The summed E-state index contributed by atoms with van der Waals surface area (Å²) in [5.74, 6) is 2.00. The number of rotatable bonds is 7. The largest absolute Gasteiger partial charge is 0.488 e. The summed E-state index contributed by atoms with van der Waals surface area (Å²) in [7, 11) is -1.35. The van der Waals surface area contributed by atoms with Gasteiger partial charge in [0.1, 0.15) is 0 Å². The van der Waals surface area contributed by atoms with Crippen LogP contribution in [0.25, 0.3) is 0 Å². The monoisotopic (exact) mass is 238 g/mol. The minimum absolute atomic E-state index is 0.630. The fourth-order valence-electron chi connectivity index (χ4n) is 1.55. The van der Waals surface area contributed by atoms with Gasteiger partial charge in [-0.2, -0.15) is 11.8 Å². The quantitative estimate of drug-likeness (QED) is 0.562. The van der Waals surface area contributed by atoms with E-state index in [0.717, 1.165) is 17.1 Å². The van der Waals surface area contributed by atoms with Crippen molar-refractivity contribution in [3.05, 3.63) is 29.8 Å². The summed E-state index contributed by atoms with van der Waals surface area (Å²) < 4.78 is 0. The van der Waals surface area contributed by atoms with E-state index in [-0.39, 0.29) is 0 Å². The Hall–Kier alpha value is -0.445. The Labute approximate surface area is 102 Å². The molecular formula is C12H19BO2S. The van der Waals surface area contributed by atoms with Crippen molar-refractivity contribution >= 4 is 24.3 Å². The van der Waals surface area contributed by atoms with Crippen molar-refractivity contribution < 1.29 is 10.0 Å². The molecule has 2 N–H and O–H groups in total. The molecular weight excluding hydrogens is 219 g/mol. The lowest BCUT2D eigenvalue weighted by Crippen LogP contribution is -2.32. The Bertz CT molecular complexity index is 305.